The summed E-state index contributed by atoms with van der Waals surface area (Å²) in [5.74, 6) is 0.117. The van der Waals surface area contributed by atoms with E-state index in [0.717, 1.165) is 0 Å². The number of hydrogen-bond donors (Lipinski definition) is 0. The molecule has 0 aliphatic carbocycles. The van der Waals surface area contributed by atoms with Gasteiger partial charge in [-0.15, -0.1) is 0 Å². The molecule has 7 heteroatoms. The molecule has 23 heavy (non-hydrogen) atoms. The van der Waals surface area contributed by atoms with Crippen LogP contribution in [0.15, 0.2) is 53.7 Å². The summed E-state index contributed by atoms with van der Waals surface area (Å²) in [5.41, 5.74) is 0.527. The summed E-state index contributed by atoms with van der Waals surface area (Å²) in [7, 11) is 0. The Hall–Kier alpha value is -2.96. The van der Waals surface area contributed by atoms with Crippen LogP contribution in [0.2, 0.25) is 0 Å². The lowest BCUT2D eigenvalue weighted by atomic mass is 10.3. The zero-order valence-electron chi connectivity index (χ0n) is 12.9. The van der Waals surface area contributed by atoms with Crippen molar-refractivity contribution in [2.75, 3.05) is 6.61 Å². The van der Waals surface area contributed by atoms with Gasteiger partial charge >= 0.3 is 0 Å². The van der Waals surface area contributed by atoms with Gasteiger partial charge in [-0.2, -0.15) is 0 Å². The van der Waals surface area contributed by atoms with Crippen LogP contribution in [0.5, 0.6) is 5.75 Å². The third-order valence-electron chi connectivity index (χ3n) is 2.91. The maximum atomic E-state index is 12.3. The van der Waals surface area contributed by atoms with E-state index in [4.69, 9.17) is 4.74 Å². The van der Waals surface area contributed by atoms with Gasteiger partial charge in [0.25, 0.3) is 11.6 Å². The summed E-state index contributed by atoms with van der Waals surface area (Å²) >= 11 is 0. The van der Waals surface area contributed by atoms with Crippen LogP contribution in [0.3, 0.4) is 0 Å². The largest absolute Gasteiger partial charge is 0.484 e. The monoisotopic (exact) mass is 315 g/mol. The molecule has 0 fully saturated rings. The molecule has 0 bridgehead atoms. The summed E-state index contributed by atoms with van der Waals surface area (Å²) in [4.78, 5) is 26.7. The number of nitrogens with zero attached hydrogens (tertiary/aromatic N) is 3. The molecule has 7 nitrogen and oxygen atoms in total. The number of non-ortho nitro benzene ring substituents is 1. The first kappa shape index (κ1) is 16.4. The number of ether oxygens (including phenoxy) is 1. The zero-order chi connectivity index (χ0) is 16.8. The lowest BCUT2D eigenvalue weighted by Gasteiger charge is -2.08. The molecule has 0 aliphatic rings. The number of rotatable bonds is 5. The van der Waals surface area contributed by atoms with E-state index in [1.54, 1.807) is 18.3 Å². The van der Waals surface area contributed by atoms with Gasteiger partial charge in [0.2, 0.25) is 0 Å². The maximum Gasteiger partial charge on any atom is 0.270 e. The van der Waals surface area contributed by atoms with E-state index in [1.807, 2.05) is 19.9 Å². The van der Waals surface area contributed by atoms with Crippen LogP contribution < -0.4 is 10.2 Å². The number of nitro benzene ring substituents is 1. The van der Waals surface area contributed by atoms with Crippen LogP contribution in [0, 0.1) is 10.1 Å². The highest BCUT2D eigenvalue weighted by Gasteiger charge is 2.08. The van der Waals surface area contributed by atoms with Gasteiger partial charge in [-0.05, 0) is 38.1 Å². The first-order valence-electron chi connectivity index (χ1n) is 7.09. The van der Waals surface area contributed by atoms with Crippen molar-refractivity contribution >= 4 is 11.6 Å². The molecule has 0 amide bonds. The zero-order valence-corrected chi connectivity index (χ0v) is 12.9. The van der Waals surface area contributed by atoms with E-state index >= 15 is 0 Å². The van der Waals surface area contributed by atoms with Crippen LogP contribution >= 0.6 is 0 Å². The fourth-order valence-electron chi connectivity index (χ4n) is 1.89. The third kappa shape index (κ3) is 4.50. The second-order valence-corrected chi connectivity index (χ2v) is 5.09. The predicted molar refractivity (Wildman–Crippen MR) is 84.3 cm³/mol. The SMILES string of the molecule is CC(C)N=c1ccccn1C(=O)COc1ccc([N+](=O)[O-])cc1. The van der Waals surface area contributed by atoms with E-state index in [0.29, 0.717) is 11.2 Å². The molecule has 2 rings (SSSR count). The van der Waals surface area contributed by atoms with Crippen LogP contribution in [0.25, 0.3) is 0 Å². The van der Waals surface area contributed by atoms with Crippen molar-refractivity contribution in [2.24, 2.45) is 4.99 Å². The number of carbonyl (C=O) groups excluding carboxylic acids is 1. The van der Waals surface area contributed by atoms with Gasteiger partial charge in [-0.25, -0.2) is 0 Å². The number of carbonyl (C=O) groups is 1. The van der Waals surface area contributed by atoms with Crippen molar-refractivity contribution in [3.8, 4) is 5.75 Å². The summed E-state index contributed by atoms with van der Waals surface area (Å²) in [6, 6.07) is 10.9. The van der Waals surface area contributed by atoms with Crippen molar-refractivity contribution in [3.63, 3.8) is 0 Å². The fraction of sp³-hybridized carbons (Fsp3) is 0.250. The molecule has 0 atom stereocenters. The van der Waals surface area contributed by atoms with Crippen LogP contribution in [0.4, 0.5) is 5.69 Å². The van der Waals surface area contributed by atoms with Gasteiger partial charge in [0.15, 0.2) is 6.61 Å². The molecule has 0 unspecified atom stereocenters. The van der Waals surface area contributed by atoms with Crippen LogP contribution in [-0.2, 0) is 0 Å². The lowest BCUT2D eigenvalue weighted by molar-refractivity contribution is -0.384. The molecular formula is C16H17N3O4. The molecule has 1 aromatic carbocycles. The van der Waals surface area contributed by atoms with E-state index in [9.17, 15) is 14.9 Å². The summed E-state index contributed by atoms with van der Waals surface area (Å²) in [5, 5.41) is 10.6. The van der Waals surface area contributed by atoms with E-state index in [2.05, 4.69) is 4.99 Å². The van der Waals surface area contributed by atoms with Gasteiger partial charge in [-0.1, -0.05) is 6.07 Å². The topological polar surface area (TPSA) is 86.7 Å². The number of pyridine rings is 1. The average molecular weight is 315 g/mol. The Morgan fingerprint density at radius 1 is 1.26 bits per heavy atom. The standard InChI is InChI=1S/C16H17N3O4/c1-12(2)17-15-5-3-4-10-18(15)16(20)11-23-14-8-6-13(7-9-14)19(21)22/h3-10,12H,11H2,1-2H3. The van der Waals surface area contributed by atoms with E-state index < -0.39 is 4.92 Å². The predicted octanol–water partition coefficient (Wildman–Crippen LogP) is 2.42. The number of aromatic nitrogens is 1. The molecule has 2 aromatic rings. The molecule has 1 heterocycles. The lowest BCUT2D eigenvalue weighted by Crippen LogP contribution is -2.31. The summed E-state index contributed by atoms with van der Waals surface area (Å²) in [6.45, 7) is 3.66. The van der Waals surface area contributed by atoms with Crippen LogP contribution in [-0.4, -0.2) is 28.0 Å². The normalized spacial score (nSPS) is 11.5. The number of hydrogen-bond acceptors (Lipinski definition) is 5. The van der Waals surface area contributed by atoms with Crippen LogP contribution in [0.1, 0.15) is 18.6 Å². The maximum absolute atomic E-state index is 12.3. The highest BCUT2D eigenvalue weighted by atomic mass is 16.6. The Labute approximate surface area is 133 Å². The minimum absolute atomic E-state index is 0.0286. The first-order chi connectivity index (χ1) is 11.0. The van der Waals surface area contributed by atoms with Crippen molar-refractivity contribution in [3.05, 3.63) is 64.3 Å². The van der Waals surface area contributed by atoms with Crippen molar-refractivity contribution in [1.82, 2.24) is 4.57 Å². The Morgan fingerprint density at radius 2 is 1.96 bits per heavy atom. The molecule has 120 valence electrons. The first-order valence-corrected chi connectivity index (χ1v) is 7.09. The molecule has 0 saturated heterocycles. The van der Waals surface area contributed by atoms with E-state index in [1.165, 1.54) is 28.8 Å². The van der Waals surface area contributed by atoms with Gasteiger partial charge < -0.3 is 4.74 Å². The van der Waals surface area contributed by atoms with Gasteiger partial charge in [0.1, 0.15) is 11.2 Å². The molecule has 1 aromatic heterocycles. The van der Waals surface area contributed by atoms with Crippen molar-refractivity contribution in [2.45, 2.75) is 19.9 Å². The Balaban J connectivity index is 2.10. The third-order valence-corrected chi connectivity index (χ3v) is 2.91. The Morgan fingerprint density at radius 3 is 2.57 bits per heavy atom. The quantitative estimate of drug-likeness (QED) is 0.626. The Kier molecular flexibility index (Phi) is 5.24. The van der Waals surface area contributed by atoms with Gasteiger partial charge in [0, 0.05) is 24.4 Å². The number of benzene rings is 1. The molecule has 0 saturated carbocycles. The number of nitro groups is 1. The highest BCUT2D eigenvalue weighted by molar-refractivity contribution is 5.80. The highest BCUT2D eigenvalue weighted by Crippen LogP contribution is 2.17. The van der Waals surface area contributed by atoms with E-state index in [-0.39, 0.29) is 24.2 Å². The average Bonchev–Trinajstić information content (AvgIpc) is 2.53. The molecular weight excluding hydrogens is 298 g/mol. The molecule has 0 spiro atoms. The molecule has 0 N–H and O–H groups in total. The fourth-order valence-corrected chi connectivity index (χ4v) is 1.89. The minimum Gasteiger partial charge on any atom is -0.484 e. The van der Waals surface area contributed by atoms with Gasteiger partial charge in [-0.3, -0.25) is 24.5 Å². The second kappa shape index (κ2) is 7.35. The Bertz CT molecular complexity index is 763. The molecule has 0 aliphatic heterocycles. The summed E-state index contributed by atoms with van der Waals surface area (Å²) in [6.07, 6.45) is 1.63. The summed E-state index contributed by atoms with van der Waals surface area (Å²) < 4.78 is 6.80. The van der Waals surface area contributed by atoms with Gasteiger partial charge in [0.05, 0.1) is 4.92 Å². The molecule has 0 radical (unpaired) electrons. The smallest absolute Gasteiger partial charge is 0.270 e. The minimum atomic E-state index is -0.492. The van der Waals surface area contributed by atoms with Crippen molar-refractivity contribution in [1.29, 1.82) is 0 Å². The second-order valence-electron chi connectivity index (χ2n) is 5.09. The van der Waals surface area contributed by atoms with Crippen molar-refractivity contribution < 1.29 is 14.5 Å².